The minimum Gasteiger partial charge on any atom is -0.487 e. The van der Waals surface area contributed by atoms with Crippen LogP contribution in [0.15, 0.2) is 84.2 Å². The Hall–Kier alpha value is -3.97. The summed E-state index contributed by atoms with van der Waals surface area (Å²) in [6.45, 7) is 2.68. The van der Waals surface area contributed by atoms with Crippen LogP contribution in [0, 0.1) is 6.92 Å². The lowest BCUT2D eigenvalue weighted by atomic mass is 10.1. The SMILES string of the molecule is Cc1nc(COc2cccc(C(=O)Nc3ccccc3C(=O)NCc3ccccc3)c2)cs1. The number of nitrogens with one attached hydrogen (secondary N) is 2. The van der Waals surface area contributed by atoms with Gasteiger partial charge in [-0.1, -0.05) is 48.5 Å². The van der Waals surface area contributed by atoms with Crippen LogP contribution < -0.4 is 15.4 Å². The second-order valence-corrected chi connectivity index (χ2v) is 8.40. The molecule has 0 saturated carbocycles. The summed E-state index contributed by atoms with van der Waals surface area (Å²) in [5.74, 6) is -0.0131. The number of ether oxygens (including phenoxy) is 1. The zero-order chi connectivity index (χ0) is 23.0. The van der Waals surface area contributed by atoms with Crippen LogP contribution in [-0.4, -0.2) is 16.8 Å². The van der Waals surface area contributed by atoms with E-state index in [1.807, 2.05) is 42.6 Å². The first kappa shape index (κ1) is 22.2. The van der Waals surface area contributed by atoms with Gasteiger partial charge in [0.1, 0.15) is 12.4 Å². The van der Waals surface area contributed by atoms with Crippen molar-refractivity contribution in [2.45, 2.75) is 20.1 Å². The Morgan fingerprint density at radius 1 is 0.939 bits per heavy atom. The lowest BCUT2D eigenvalue weighted by Crippen LogP contribution is -2.24. The normalized spacial score (nSPS) is 10.5. The molecule has 6 nitrogen and oxygen atoms in total. The number of carbonyl (C=O) groups excluding carboxylic acids is 2. The van der Waals surface area contributed by atoms with Gasteiger partial charge in [-0.3, -0.25) is 9.59 Å². The number of carbonyl (C=O) groups is 2. The zero-order valence-electron chi connectivity index (χ0n) is 18.1. The summed E-state index contributed by atoms with van der Waals surface area (Å²) in [4.78, 5) is 30.0. The van der Waals surface area contributed by atoms with E-state index in [9.17, 15) is 9.59 Å². The molecule has 0 unspecified atom stereocenters. The van der Waals surface area contributed by atoms with E-state index in [4.69, 9.17) is 4.74 Å². The highest BCUT2D eigenvalue weighted by atomic mass is 32.1. The topological polar surface area (TPSA) is 80.3 Å². The molecule has 0 fully saturated rings. The monoisotopic (exact) mass is 457 g/mol. The van der Waals surface area contributed by atoms with Crippen molar-refractivity contribution in [2.24, 2.45) is 0 Å². The van der Waals surface area contributed by atoms with Crippen molar-refractivity contribution in [3.05, 3.63) is 112 Å². The number of anilines is 1. The first-order chi connectivity index (χ1) is 16.1. The summed E-state index contributed by atoms with van der Waals surface area (Å²) < 4.78 is 5.78. The quantitative estimate of drug-likeness (QED) is 0.381. The van der Waals surface area contributed by atoms with Crippen molar-refractivity contribution >= 4 is 28.8 Å². The molecule has 0 aliphatic carbocycles. The number of benzene rings is 3. The van der Waals surface area contributed by atoms with Gasteiger partial charge in [-0.25, -0.2) is 4.98 Å². The third-order valence-corrected chi connectivity index (χ3v) is 5.69. The summed E-state index contributed by atoms with van der Waals surface area (Å²) in [7, 11) is 0. The molecular weight excluding hydrogens is 434 g/mol. The fourth-order valence-corrected chi connectivity index (χ4v) is 3.81. The molecule has 33 heavy (non-hydrogen) atoms. The summed E-state index contributed by atoms with van der Waals surface area (Å²) in [5, 5.41) is 8.67. The maximum Gasteiger partial charge on any atom is 0.255 e. The zero-order valence-corrected chi connectivity index (χ0v) is 18.9. The van der Waals surface area contributed by atoms with Crippen LogP contribution in [0.1, 0.15) is 37.0 Å². The molecule has 0 radical (unpaired) electrons. The van der Waals surface area contributed by atoms with Gasteiger partial charge in [-0.2, -0.15) is 0 Å². The smallest absolute Gasteiger partial charge is 0.255 e. The second-order valence-electron chi connectivity index (χ2n) is 7.34. The fourth-order valence-electron chi connectivity index (χ4n) is 3.22. The highest BCUT2D eigenvalue weighted by Crippen LogP contribution is 2.20. The van der Waals surface area contributed by atoms with Crippen LogP contribution in [0.25, 0.3) is 0 Å². The summed E-state index contributed by atoms with van der Waals surface area (Å²) in [6.07, 6.45) is 0. The van der Waals surface area contributed by atoms with E-state index in [1.54, 1.807) is 59.9 Å². The van der Waals surface area contributed by atoms with Gasteiger partial charge in [0.15, 0.2) is 0 Å². The van der Waals surface area contributed by atoms with Crippen molar-refractivity contribution in [1.82, 2.24) is 10.3 Å². The second kappa shape index (κ2) is 10.6. The van der Waals surface area contributed by atoms with Gasteiger partial charge in [0.05, 0.1) is 22.0 Å². The van der Waals surface area contributed by atoms with Gasteiger partial charge in [0.2, 0.25) is 0 Å². The van der Waals surface area contributed by atoms with Crippen molar-refractivity contribution in [3.8, 4) is 5.75 Å². The summed E-state index contributed by atoms with van der Waals surface area (Å²) in [6, 6.07) is 23.5. The predicted octanol–water partition coefficient (Wildman–Crippen LogP) is 5.21. The van der Waals surface area contributed by atoms with Crippen LogP contribution in [0.2, 0.25) is 0 Å². The molecule has 166 valence electrons. The molecule has 3 aromatic carbocycles. The Morgan fingerprint density at radius 3 is 2.52 bits per heavy atom. The van der Waals surface area contributed by atoms with E-state index in [1.165, 1.54) is 0 Å². The standard InChI is InChI=1S/C26H23N3O3S/c1-18-28-21(17-33-18)16-32-22-11-7-10-20(14-22)25(30)29-24-13-6-5-12-23(24)26(31)27-15-19-8-3-2-4-9-19/h2-14,17H,15-16H2,1H3,(H,27,31)(H,29,30). The van der Waals surface area contributed by atoms with Gasteiger partial charge >= 0.3 is 0 Å². The van der Waals surface area contributed by atoms with Gasteiger partial charge in [-0.05, 0) is 42.8 Å². The van der Waals surface area contributed by atoms with Crippen molar-refractivity contribution in [2.75, 3.05) is 5.32 Å². The number of amides is 2. The molecule has 7 heteroatoms. The maximum absolute atomic E-state index is 12.9. The Labute approximate surface area is 196 Å². The number of thiazole rings is 1. The molecule has 1 aromatic heterocycles. The van der Waals surface area contributed by atoms with E-state index in [0.717, 1.165) is 16.3 Å². The van der Waals surface area contributed by atoms with Crippen LogP contribution in [0.5, 0.6) is 5.75 Å². The number of para-hydroxylation sites is 1. The number of aromatic nitrogens is 1. The average molecular weight is 458 g/mol. The Balaban J connectivity index is 1.41. The molecule has 1 heterocycles. The minimum absolute atomic E-state index is 0.259. The number of hydrogen-bond donors (Lipinski definition) is 2. The molecule has 0 saturated heterocycles. The van der Waals surface area contributed by atoms with Crippen LogP contribution >= 0.6 is 11.3 Å². The van der Waals surface area contributed by atoms with E-state index in [2.05, 4.69) is 15.6 Å². The first-order valence-corrected chi connectivity index (χ1v) is 11.3. The van der Waals surface area contributed by atoms with Crippen LogP contribution in [-0.2, 0) is 13.2 Å². The highest BCUT2D eigenvalue weighted by Gasteiger charge is 2.14. The van der Waals surface area contributed by atoms with E-state index < -0.39 is 0 Å². The lowest BCUT2D eigenvalue weighted by molar-refractivity contribution is 0.0952. The average Bonchev–Trinajstić information content (AvgIpc) is 3.27. The molecule has 0 aliphatic rings. The number of hydrogen-bond acceptors (Lipinski definition) is 5. The first-order valence-electron chi connectivity index (χ1n) is 10.4. The third-order valence-electron chi connectivity index (χ3n) is 4.87. The largest absolute Gasteiger partial charge is 0.487 e. The molecule has 4 aromatic rings. The van der Waals surface area contributed by atoms with Crippen molar-refractivity contribution < 1.29 is 14.3 Å². The molecule has 4 rings (SSSR count). The molecule has 0 aliphatic heterocycles. The van der Waals surface area contributed by atoms with Crippen LogP contribution in [0.3, 0.4) is 0 Å². The van der Waals surface area contributed by atoms with Gasteiger partial charge in [0, 0.05) is 17.5 Å². The van der Waals surface area contributed by atoms with Crippen LogP contribution in [0.4, 0.5) is 5.69 Å². The highest BCUT2D eigenvalue weighted by molar-refractivity contribution is 7.09. The number of aryl methyl sites for hydroxylation is 1. The Morgan fingerprint density at radius 2 is 1.73 bits per heavy atom. The van der Waals surface area contributed by atoms with Gasteiger partial charge < -0.3 is 15.4 Å². The third kappa shape index (κ3) is 6.05. The molecule has 2 amide bonds. The lowest BCUT2D eigenvalue weighted by Gasteiger charge is -2.12. The van der Waals surface area contributed by atoms with Crippen molar-refractivity contribution in [1.29, 1.82) is 0 Å². The Kier molecular flexibility index (Phi) is 7.12. The number of rotatable bonds is 8. The van der Waals surface area contributed by atoms with Crippen molar-refractivity contribution in [3.63, 3.8) is 0 Å². The van der Waals surface area contributed by atoms with Gasteiger partial charge in [-0.15, -0.1) is 11.3 Å². The molecule has 0 atom stereocenters. The van der Waals surface area contributed by atoms with E-state index in [0.29, 0.717) is 35.7 Å². The molecule has 2 N–H and O–H groups in total. The number of nitrogens with zero attached hydrogens (tertiary/aromatic N) is 1. The molecule has 0 bridgehead atoms. The fraction of sp³-hybridized carbons (Fsp3) is 0.115. The van der Waals surface area contributed by atoms with Gasteiger partial charge in [0.25, 0.3) is 11.8 Å². The maximum atomic E-state index is 12.9. The predicted molar refractivity (Wildman–Crippen MR) is 130 cm³/mol. The summed E-state index contributed by atoms with van der Waals surface area (Å²) >= 11 is 1.57. The summed E-state index contributed by atoms with van der Waals surface area (Å²) in [5.41, 5.74) is 3.12. The van der Waals surface area contributed by atoms with E-state index in [-0.39, 0.29) is 11.8 Å². The van der Waals surface area contributed by atoms with E-state index >= 15 is 0 Å². The Bertz CT molecular complexity index is 1250. The molecule has 0 spiro atoms. The molecular formula is C26H23N3O3S. The minimum atomic E-state index is -0.326.